The number of likely N-dealkylation sites (N-methyl/N-ethyl adjacent to an activating group) is 1. The normalized spacial score (nSPS) is 14.8. The fourth-order valence-corrected chi connectivity index (χ4v) is 3.27. The first-order valence-corrected chi connectivity index (χ1v) is 8.83. The Morgan fingerprint density at radius 2 is 1.96 bits per heavy atom. The molecule has 1 aliphatic rings. The van der Waals surface area contributed by atoms with Crippen molar-refractivity contribution in [2.75, 3.05) is 23.8 Å². The lowest BCUT2D eigenvalue weighted by atomic mass is 10.0. The van der Waals surface area contributed by atoms with Crippen molar-refractivity contribution in [3.8, 4) is 0 Å². The van der Waals surface area contributed by atoms with Crippen LogP contribution in [-0.4, -0.2) is 36.3 Å². The van der Waals surface area contributed by atoms with Crippen LogP contribution < -0.4 is 10.2 Å². The Labute approximate surface area is 154 Å². The molecule has 0 aliphatic carbocycles. The summed E-state index contributed by atoms with van der Waals surface area (Å²) in [5.74, 6) is -0.235. The fourth-order valence-electron chi connectivity index (χ4n) is 3.27. The quantitative estimate of drug-likeness (QED) is 0.921. The maximum absolute atomic E-state index is 13.1. The molecule has 0 aromatic heterocycles. The van der Waals surface area contributed by atoms with Gasteiger partial charge in [0.05, 0.1) is 17.4 Å². The maximum atomic E-state index is 13.1. The van der Waals surface area contributed by atoms with Crippen LogP contribution in [0.4, 0.5) is 11.4 Å². The topological polar surface area (TPSA) is 52.7 Å². The number of carbonyl (C=O) groups excluding carboxylic acids is 2. The van der Waals surface area contributed by atoms with Gasteiger partial charge in [-0.05, 0) is 51.1 Å². The van der Waals surface area contributed by atoms with Gasteiger partial charge in [0.25, 0.3) is 0 Å². The van der Waals surface area contributed by atoms with Gasteiger partial charge >= 0.3 is 0 Å². The third-order valence-electron chi connectivity index (χ3n) is 4.97. The third-order valence-corrected chi connectivity index (χ3v) is 4.97. The van der Waals surface area contributed by atoms with Gasteiger partial charge < -0.3 is 5.32 Å². The van der Waals surface area contributed by atoms with Gasteiger partial charge in [0.2, 0.25) is 11.8 Å². The smallest absolute Gasteiger partial charge is 0.244 e. The lowest BCUT2D eigenvalue weighted by Crippen LogP contribution is -2.50. The number of para-hydroxylation sites is 2. The van der Waals surface area contributed by atoms with Crippen molar-refractivity contribution in [2.24, 2.45) is 0 Å². The number of rotatable bonds is 4. The highest BCUT2D eigenvalue weighted by molar-refractivity contribution is 6.11. The van der Waals surface area contributed by atoms with E-state index in [2.05, 4.69) is 37.4 Å². The average Bonchev–Trinajstić information content (AvgIpc) is 2.62. The minimum absolute atomic E-state index is 0.0532. The van der Waals surface area contributed by atoms with Gasteiger partial charge in [-0.2, -0.15) is 0 Å². The zero-order valence-electron chi connectivity index (χ0n) is 15.7. The molecule has 0 radical (unpaired) electrons. The zero-order chi connectivity index (χ0) is 18.8. The summed E-state index contributed by atoms with van der Waals surface area (Å²) >= 11 is 0. The third kappa shape index (κ3) is 3.63. The summed E-state index contributed by atoms with van der Waals surface area (Å²) in [4.78, 5) is 28.7. The Bertz CT molecular complexity index is 847. The number of anilines is 2. The number of carbonyl (C=O) groups is 2. The highest BCUT2D eigenvalue weighted by atomic mass is 16.2. The molecule has 5 heteroatoms. The predicted octanol–water partition coefficient (Wildman–Crippen LogP) is 3.11. The minimum atomic E-state index is -0.338. The van der Waals surface area contributed by atoms with Gasteiger partial charge in [0, 0.05) is 6.54 Å². The number of amides is 2. The van der Waals surface area contributed by atoms with Crippen LogP contribution in [0.3, 0.4) is 0 Å². The van der Waals surface area contributed by atoms with Crippen LogP contribution in [0.2, 0.25) is 0 Å². The van der Waals surface area contributed by atoms with Crippen molar-refractivity contribution in [3.05, 3.63) is 59.2 Å². The first kappa shape index (κ1) is 18.1. The van der Waals surface area contributed by atoms with Crippen molar-refractivity contribution < 1.29 is 9.59 Å². The molecule has 0 spiro atoms. The summed E-state index contributed by atoms with van der Waals surface area (Å²) in [6.07, 6.45) is 0. The average molecular weight is 351 g/mol. The highest BCUT2D eigenvalue weighted by Gasteiger charge is 2.31. The summed E-state index contributed by atoms with van der Waals surface area (Å²) in [6.45, 7) is 6.79. The fraction of sp³-hybridized carbons (Fsp3) is 0.333. The second kappa shape index (κ2) is 7.30. The number of aryl methyl sites for hydroxylation is 2. The Morgan fingerprint density at radius 1 is 1.23 bits per heavy atom. The van der Waals surface area contributed by atoms with Gasteiger partial charge in [0.15, 0.2) is 0 Å². The molecule has 0 bridgehead atoms. The minimum Gasteiger partial charge on any atom is -0.323 e. The summed E-state index contributed by atoms with van der Waals surface area (Å²) in [6, 6.07) is 13.4. The number of hydrogen-bond donors (Lipinski definition) is 1. The molecule has 2 aromatic carbocycles. The Morgan fingerprint density at radius 3 is 2.69 bits per heavy atom. The molecule has 0 unspecified atom stereocenters. The van der Waals surface area contributed by atoms with E-state index in [1.165, 1.54) is 16.7 Å². The molecule has 2 aromatic rings. The SMILES string of the molecule is Cc1ccc(CN(C)[C@H](C)C(=O)N2CC(=O)Nc3ccccc32)c(C)c1. The molecule has 3 rings (SSSR count). The molecule has 1 aliphatic heterocycles. The van der Waals surface area contributed by atoms with E-state index in [0.717, 1.165) is 5.69 Å². The van der Waals surface area contributed by atoms with Crippen molar-refractivity contribution in [2.45, 2.75) is 33.4 Å². The highest BCUT2D eigenvalue weighted by Crippen LogP contribution is 2.29. The van der Waals surface area contributed by atoms with Crippen molar-refractivity contribution in [1.82, 2.24) is 4.90 Å². The first-order valence-electron chi connectivity index (χ1n) is 8.83. The van der Waals surface area contributed by atoms with Gasteiger partial charge in [-0.3, -0.25) is 19.4 Å². The Kier molecular flexibility index (Phi) is 5.09. The predicted molar refractivity (Wildman–Crippen MR) is 104 cm³/mol. The second-order valence-corrected chi connectivity index (χ2v) is 7.01. The summed E-state index contributed by atoms with van der Waals surface area (Å²) in [5, 5.41) is 2.82. The van der Waals surface area contributed by atoms with E-state index in [-0.39, 0.29) is 24.4 Å². The number of benzene rings is 2. The summed E-state index contributed by atoms with van der Waals surface area (Å²) in [5.41, 5.74) is 5.09. The Balaban J connectivity index is 1.78. The molecule has 1 N–H and O–H groups in total. The molecule has 0 fully saturated rings. The second-order valence-electron chi connectivity index (χ2n) is 7.01. The molecular formula is C21H25N3O2. The molecule has 0 saturated carbocycles. The zero-order valence-corrected chi connectivity index (χ0v) is 15.7. The molecular weight excluding hydrogens is 326 g/mol. The number of nitrogens with one attached hydrogen (secondary N) is 1. The van der Waals surface area contributed by atoms with Crippen LogP contribution in [0.1, 0.15) is 23.6 Å². The van der Waals surface area contributed by atoms with Gasteiger partial charge in [-0.15, -0.1) is 0 Å². The van der Waals surface area contributed by atoms with Crippen LogP contribution >= 0.6 is 0 Å². The molecule has 1 atom stereocenters. The number of hydrogen-bond acceptors (Lipinski definition) is 3. The molecule has 5 nitrogen and oxygen atoms in total. The van der Waals surface area contributed by atoms with E-state index >= 15 is 0 Å². The van der Waals surface area contributed by atoms with Crippen LogP contribution in [-0.2, 0) is 16.1 Å². The standard InChI is InChI=1S/C21H25N3O2/c1-14-9-10-17(15(2)11-14)12-23(4)16(3)21(26)24-13-20(25)22-18-7-5-6-8-19(18)24/h5-11,16H,12-13H2,1-4H3,(H,22,25)/t16-/m1/s1. The summed E-state index contributed by atoms with van der Waals surface area (Å²) in [7, 11) is 1.94. The van der Waals surface area contributed by atoms with Crippen LogP contribution in [0.25, 0.3) is 0 Å². The first-order chi connectivity index (χ1) is 12.4. The van der Waals surface area contributed by atoms with Gasteiger partial charge in [-0.1, -0.05) is 35.9 Å². The van der Waals surface area contributed by atoms with Crippen molar-refractivity contribution in [1.29, 1.82) is 0 Å². The van der Waals surface area contributed by atoms with E-state index in [4.69, 9.17) is 0 Å². The summed E-state index contributed by atoms with van der Waals surface area (Å²) < 4.78 is 0. The molecule has 2 amide bonds. The van der Waals surface area contributed by atoms with E-state index in [1.807, 2.05) is 43.1 Å². The molecule has 136 valence electrons. The van der Waals surface area contributed by atoms with E-state index in [9.17, 15) is 9.59 Å². The van der Waals surface area contributed by atoms with Crippen LogP contribution in [0.5, 0.6) is 0 Å². The van der Waals surface area contributed by atoms with E-state index in [0.29, 0.717) is 12.2 Å². The molecule has 1 heterocycles. The van der Waals surface area contributed by atoms with Crippen molar-refractivity contribution in [3.63, 3.8) is 0 Å². The van der Waals surface area contributed by atoms with Crippen molar-refractivity contribution >= 4 is 23.2 Å². The van der Waals surface area contributed by atoms with E-state index in [1.54, 1.807) is 4.90 Å². The van der Waals surface area contributed by atoms with Crippen LogP contribution in [0.15, 0.2) is 42.5 Å². The molecule has 0 saturated heterocycles. The maximum Gasteiger partial charge on any atom is 0.244 e. The van der Waals surface area contributed by atoms with Gasteiger partial charge in [-0.25, -0.2) is 0 Å². The number of nitrogens with zero attached hydrogens (tertiary/aromatic N) is 2. The monoisotopic (exact) mass is 351 g/mol. The van der Waals surface area contributed by atoms with Crippen LogP contribution in [0, 0.1) is 13.8 Å². The lowest BCUT2D eigenvalue weighted by molar-refractivity contribution is -0.125. The molecule has 26 heavy (non-hydrogen) atoms. The lowest BCUT2D eigenvalue weighted by Gasteiger charge is -2.34. The Hall–Kier alpha value is -2.66. The largest absolute Gasteiger partial charge is 0.323 e. The van der Waals surface area contributed by atoms with E-state index < -0.39 is 0 Å². The number of fused-ring (bicyclic) bond motifs is 1. The van der Waals surface area contributed by atoms with Gasteiger partial charge in [0.1, 0.15) is 6.54 Å².